The smallest absolute Gasteiger partial charge is 0.0984 e. The molecule has 86 valence electrons. The van der Waals surface area contributed by atoms with Crippen LogP contribution in [0.4, 0.5) is 0 Å². The fraction of sp³-hybridized carbons (Fsp3) is 1.00. The molecule has 7 heteroatoms. The van der Waals surface area contributed by atoms with Crippen LogP contribution in [0.3, 0.4) is 0 Å². The SMILES string of the molecule is OCCON(CC1CO1)OCCO.P. The lowest BCUT2D eigenvalue weighted by Gasteiger charge is -2.18. The molecule has 6 nitrogen and oxygen atoms in total. The minimum atomic E-state index is -0.0650. The van der Waals surface area contributed by atoms with E-state index in [9.17, 15) is 0 Å². The number of hydrogen-bond donors (Lipinski definition) is 2. The van der Waals surface area contributed by atoms with E-state index in [1.807, 2.05) is 0 Å². The van der Waals surface area contributed by atoms with Crippen LogP contribution in [0.15, 0.2) is 0 Å². The average molecular weight is 227 g/mol. The summed E-state index contributed by atoms with van der Waals surface area (Å²) in [4.78, 5) is 10.0. The molecule has 0 saturated carbocycles. The predicted molar refractivity (Wildman–Crippen MR) is 53.6 cm³/mol. The molecule has 0 aliphatic carbocycles. The first kappa shape index (κ1) is 14.2. The van der Waals surface area contributed by atoms with Gasteiger partial charge in [-0.2, -0.15) is 9.90 Å². The lowest BCUT2D eigenvalue weighted by atomic mass is 10.5. The maximum Gasteiger partial charge on any atom is 0.0984 e. The zero-order valence-corrected chi connectivity index (χ0v) is 9.51. The summed E-state index contributed by atoms with van der Waals surface area (Å²) in [6, 6.07) is 0. The van der Waals surface area contributed by atoms with Crippen molar-refractivity contribution in [1.29, 1.82) is 0 Å². The summed E-state index contributed by atoms with van der Waals surface area (Å²) < 4.78 is 4.97. The fourth-order valence-electron chi connectivity index (χ4n) is 0.768. The third kappa shape index (κ3) is 6.62. The third-order valence-corrected chi connectivity index (χ3v) is 1.41. The van der Waals surface area contributed by atoms with Crippen LogP contribution in [0.25, 0.3) is 0 Å². The van der Waals surface area contributed by atoms with Crippen LogP contribution in [0, 0.1) is 0 Å². The van der Waals surface area contributed by atoms with E-state index in [0.717, 1.165) is 0 Å². The Morgan fingerprint density at radius 2 is 1.71 bits per heavy atom. The number of hydroxylamine groups is 2. The highest BCUT2D eigenvalue weighted by molar-refractivity contribution is 6.92. The Kier molecular flexibility index (Phi) is 8.61. The Morgan fingerprint density at radius 3 is 2.07 bits per heavy atom. The van der Waals surface area contributed by atoms with E-state index < -0.39 is 0 Å². The second-order valence-electron chi connectivity index (χ2n) is 2.58. The molecule has 0 aromatic rings. The Balaban J connectivity index is 0.00000169. The second-order valence-corrected chi connectivity index (χ2v) is 2.58. The molecule has 0 radical (unpaired) electrons. The van der Waals surface area contributed by atoms with Gasteiger partial charge < -0.3 is 14.9 Å². The standard InChI is InChI=1S/C7H15NO5.H3P/c9-1-3-12-8(13-4-2-10)5-7-6-11-7;/h7,9-10H,1-6H2;1H3. The van der Waals surface area contributed by atoms with Crippen LogP contribution in [-0.2, 0) is 14.4 Å². The molecule has 1 heterocycles. The summed E-state index contributed by atoms with van der Waals surface area (Å²) in [5, 5.41) is 18.2. The van der Waals surface area contributed by atoms with Gasteiger partial charge in [0.15, 0.2) is 0 Å². The van der Waals surface area contributed by atoms with Gasteiger partial charge >= 0.3 is 0 Å². The highest BCUT2D eigenvalue weighted by Crippen LogP contribution is 2.11. The molecule has 2 N–H and O–H groups in total. The molecule has 0 amide bonds. The van der Waals surface area contributed by atoms with Crippen LogP contribution >= 0.6 is 9.90 Å². The Hall–Kier alpha value is 0.190. The van der Waals surface area contributed by atoms with Gasteiger partial charge in [-0.25, -0.2) is 0 Å². The van der Waals surface area contributed by atoms with Gasteiger partial charge in [0, 0.05) is 0 Å². The first-order valence-corrected chi connectivity index (χ1v) is 4.23. The maximum absolute atomic E-state index is 8.50. The van der Waals surface area contributed by atoms with Crippen LogP contribution in [0.1, 0.15) is 0 Å². The molecule has 1 rings (SSSR count). The largest absolute Gasteiger partial charge is 0.394 e. The summed E-state index contributed by atoms with van der Waals surface area (Å²) in [7, 11) is 0. The van der Waals surface area contributed by atoms with E-state index >= 15 is 0 Å². The molecule has 0 aromatic heterocycles. The van der Waals surface area contributed by atoms with Crippen molar-refractivity contribution >= 4 is 9.90 Å². The van der Waals surface area contributed by atoms with E-state index in [-0.39, 0.29) is 42.4 Å². The van der Waals surface area contributed by atoms with E-state index in [1.54, 1.807) is 0 Å². The molecule has 0 aromatic carbocycles. The van der Waals surface area contributed by atoms with Gasteiger partial charge in [0.1, 0.15) is 0 Å². The number of aliphatic hydroxyl groups excluding tert-OH is 2. The Bertz CT molecular complexity index is 127. The van der Waals surface area contributed by atoms with Crippen molar-refractivity contribution in [2.45, 2.75) is 6.10 Å². The van der Waals surface area contributed by atoms with Crippen molar-refractivity contribution in [3.63, 3.8) is 0 Å². The molecule has 14 heavy (non-hydrogen) atoms. The van der Waals surface area contributed by atoms with E-state index in [2.05, 4.69) is 0 Å². The molecule has 1 fully saturated rings. The first-order chi connectivity index (χ1) is 6.36. The van der Waals surface area contributed by atoms with Crippen LogP contribution < -0.4 is 0 Å². The predicted octanol–water partition coefficient (Wildman–Crippen LogP) is -1.41. The van der Waals surface area contributed by atoms with Crippen molar-refractivity contribution in [3.8, 4) is 0 Å². The number of nitrogens with zero attached hydrogens (tertiary/aromatic N) is 1. The van der Waals surface area contributed by atoms with Gasteiger partial charge in [0.2, 0.25) is 0 Å². The molecular formula is C7H18NO5P. The fourth-order valence-corrected chi connectivity index (χ4v) is 0.768. The van der Waals surface area contributed by atoms with Crippen molar-refractivity contribution in [1.82, 2.24) is 5.23 Å². The van der Waals surface area contributed by atoms with E-state index in [0.29, 0.717) is 13.2 Å². The normalized spacial score (nSPS) is 19.5. The zero-order chi connectivity index (χ0) is 9.52. The van der Waals surface area contributed by atoms with Gasteiger partial charge in [0.25, 0.3) is 0 Å². The minimum absolute atomic E-state index is 0. The van der Waals surface area contributed by atoms with Crippen molar-refractivity contribution in [2.24, 2.45) is 0 Å². The van der Waals surface area contributed by atoms with E-state index in [1.165, 1.54) is 5.23 Å². The molecule has 1 aliphatic rings. The summed E-state index contributed by atoms with van der Waals surface area (Å²) in [5.41, 5.74) is 0. The van der Waals surface area contributed by atoms with Gasteiger partial charge in [-0.1, -0.05) is 5.23 Å². The Labute approximate surface area is 86.3 Å². The molecule has 0 spiro atoms. The van der Waals surface area contributed by atoms with Gasteiger partial charge in [-0.05, 0) is 0 Å². The maximum atomic E-state index is 8.50. The lowest BCUT2D eigenvalue weighted by molar-refractivity contribution is -0.372. The van der Waals surface area contributed by atoms with Crippen LogP contribution in [-0.4, -0.2) is 61.1 Å². The van der Waals surface area contributed by atoms with Crippen LogP contribution in [0.5, 0.6) is 0 Å². The number of hydrogen-bond acceptors (Lipinski definition) is 6. The third-order valence-electron chi connectivity index (χ3n) is 1.41. The van der Waals surface area contributed by atoms with E-state index in [4.69, 9.17) is 24.6 Å². The summed E-state index contributed by atoms with van der Waals surface area (Å²) in [6.45, 7) is 1.44. The minimum Gasteiger partial charge on any atom is -0.394 e. The molecule has 2 atom stereocenters. The highest BCUT2D eigenvalue weighted by atomic mass is 31.0. The van der Waals surface area contributed by atoms with Crippen LogP contribution in [0.2, 0.25) is 0 Å². The summed E-state index contributed by atoms with van der Waals surface area (Å²) in [5.74, 6) is 0. The molecule has 1 aliphatic heterocycles. The number of epoxide rings is 1. The van der Waals surface area contributed by atoms with Crippen molar-refractivity contribution < 1.29 is 24.6 Å². The quantitative estimate of drug-likeness (QED) is 0.301. The zero-order valence-electron chi connectivity index (χ0n) is 8.09. The van der Waals surface area contributed by atoms with Gasteiger partial charge in [0.05, 0.1) is 45.7 Å². The number of rotatable bonds is 8. The number of ether oxygens (including phenoxy) is 1. The summed E-state index contributed by atoms with van der Waals surface area (Å²) >= 11 is 0. The summed E-state index contributed by atoms with van der Waals surface area (Å²) in [6.07, 6.45) is 0.150. The molecule has 1 saturated heterocycles. The van der Waals surface area contributed by atoms with Gasteiger partial charge in [-0.15, -0.1) is 0 Å². The monoisotopic (exact) mass is 227 g/mol. The first-order valence-electron chi connectivity index (χ1n) is 4.23. The highest BCUT2D eigenvalue weighted by Gasteiger charge is 2.26. The molecule has 2 unspecified atom stereocenters. The Morgan fingerprint density at radius 1 is 1.21 bits per heavy atom. The van der Waals surface area contributed by atoms with Crippen molar-refractivity contribution in [3.05, 3.63) is 0 Å². The molecular weight excluding hydrogens is 209 g/mol. The van der Waals surface area contributed by atoms with Crippen molar-refractivity contribution in [2.75, 3.05) is 39.6 Å². The lowest BCUT2D eigenvalue weighted by Crippen LogP contribution is -2.30. The average Bonchev–Trinajstić information content (AvgIpc) is 2.93. The number of aliphatic hydroxyl groups is 2. The second kappa shape index (κ2) is 8.49. The van der Waals surface area contributed by atoms with Gasteiger partial charge in [-0.3, -0.25) is 9.68 Å². The molecule has 0 bridgehead atoms. The topological polar surface area (TPSA) is 74.7 Å².